The van der Waals surface area contributed by atoms with Crippen molar-refractivity contribution in [2.75, 3.05) is 0 Å². The van der Waals surface area contributed by atoms with Gasteiger partial charge in [0, 0.05) is 11.8 Å². The van der Waals surface area contributed by atoms with E-state index in [1.54, 1.807) is 12.1 Å². The van der Waals surface area contributed by atoms with Crippen LogP contribution < -0.4 is 0 Å². The van der Waals surface area contributed by atoms with Gasteiger partial charge in [0.2, 0.25) is 0 Å². The van der Waals surface area contributed by atoms with Crippen molar-refractivity contribution in [3.05, 3.63) is 30.2 Å². The molecular formula is C7H4ClFN2. The molecule has 2 nitrogen and oxygen atoms in total. The Hall–Kier alpha value is -1.09. The predicted molar refractivity (Wildman–Crippen MR) is 40.9 cm³/mol. The van der Waals surface area contributed by atoms with E-state index in [9.17, 15) is 4.39 Å². The van der Waals surface area contributed by atoms with Gasteiger partial charge in [-0.2, -0.15) is 9.30 Å². The third-order valence-electron chi connectivity index (χ3n) is 1.52. The van der Waals surface area contributed by atoms with Crippen molar-refractivity contribution in [2.45, 2.75) is 0 Å². The molecule has 0 bridgehead atoms. The number of fused-ring (bicyclic) bond motifs is 1. The highest BCUT2D eigenvalue weighted by Crippen LogP contribution is 2.17. The fourth-order valence-electron chi connectivity index (χ4n) is 0.985. The van der Waals surface area contributed by atoms with Crippen LogP contribution in [0.5, 0.6) is 0 Å². The Labute approximate surface area is 67.3 Å². The second kappa shape index (κ2) is 2.20. The van der Waals surface area contributed by atoms with E-state index in [0.717, 1.165) is 4.20 Å². The molecule has 0 atom stereocenters. The van der Waals surface area contributed by atoms with Crippen LogP contribution in [0.15, 0.2) is 24.4 Å². The van der Waals surface area contributed by atoms with Gasteiger partial charge in [-0.25, -0.2) is 4.39 Å². The Bertz CT molecular complexity index is 396. The van der Waals surface area contributed by atoms with E-state index in [0.29, 0.717) is 10.9 Å². The maximum absolute atomic E-state index is 12.9. The van der Waals surface area contributed by atoms with Gasteiger partial charge in [-0.3, -0.25) is 0 Å². The van der Waals surface area contributed by atoms with Gasteiger partial charge in [-0.1, -0.05) is 6.07 Å². The first-order valence-electron chi connectivity index (χ1n) is 3.07. The van der Waals surface area contributed by atoms with Crippen molar-refractivity contribution >= 4 is 22.7 Å². The summed E-state index contributed by atoms with van der Waals surface area (Å²) in [7, 11) is 0. The SMILES string of the molecule is Fc1cccc2c1cnn2Cl. The van der Waals surface area contributed by atoms with E-state index >= 15 is 0 Å². The maximum Gasteiger partial charge on any atom is 0.134 e. The molecule has 1 heterocycles. The Kier molecular flexibility index (Phi) is 1.32. The predicted octanol–water partition coefficient (Wildman–Crippen LogP) is 2.18. The standard InChI is InChI=1S/C7H4ClFN2/c8-11-7-3-1-2-6(9)5(7)4-10-11/h1-4H. The molecule has 56 valence electrons. The number of nitrogens with zero attached hydrogens (tertiary/aromatic N) is 2. The molecular weight excluding hydrogens is 167 g/mol. The zero-order chi connectivity index (χ0) is 7.84. The van der Waals surface area contributed by atoms with Gasteiger partial charge in [-0.05, 0) is 12.1 Å². The molecule has 0 saturated heterocycles. The molecule has 0 aliphatic heterocycles. The second-order valence-corrected chi connectivity index (χ2v) is 2.50. The number of halogens is 2. The lowest BCUT2D eigenvalue weighted by Gasteiger charge is -1.90. The van der Waals surface area contributed by atoms with Crippen LogP contribution in [0.1, 0.15) is 0 Å². The molecule has 0 spiro atoms. The molecule has 0 aliphatic carbocycles. The summed E-state index contributed by atoms with van der Waals surface area (Å²) in [6.45, 7) is 0. The summed E-state index contributed by atoms with van der Waals surface area (Å²) in [6.07, 6.45) is 1.40. The Balaban J connectivity index is 2.94. The lowest BCUT2D eigenvalue weighted by Crippen LogP contribution is -1.80. The van der Waals surface area contributed by atoms with Gasteiger partial charge < -0.3 is 0 Å². The van der Waals surface area contributed by atoms with Crippen molar-refractivity contribution in [2.24, 2.45) is 0 Å². The number of benzene rings is 1. The average molecular weight is 171 g/mol. The zero-order valence-corrected chi connectivity index (χ0v) is 6.22. The summed E-state index contributed by atoms with van der Waals surface area (Å²) in [6, 6.07) is 4.68. The molecule has 0 fully saturated rings. The molecule has 0 saturated carbocycles. The van der Waals surface area contributed by atoms with E-state index in [1.165, 1.54) is 12.3 Å². The number of hydrogen-bond acceptors (Lipinski definition) is 1. The summed E-state index contributed by atoms with van der Waals surface area (Å²) in [4.78, 5) is 0. The van der Waals surface area contributed by atoms with Gasteiger partial charge in [0.25, 0.3) is 0 Å². The molecule has 2 aromatic rings. The molecule has 0 N–H and O–H groups in total. The van der Waals surface area contributed by atoms with Gasteiger partial charge in [0.15, 0.2) is 0 Å². The summed E-state index contributed by atoms with van der Waals surface area (Å²) < 4.78 is 14.0. The van der Waals surface area contributed by atoms with Crippen molar-refractivity contribution in [3.63, 3.8) is 0 Å². The molecule has 0 amide bonds. The van der Waals surface area contributed by atoms with E-state index in [1.807, 2.05) is 0 Å². The fraction of sp³-hybridized carbons (Fsp3) is 0. The molecule has 1 aromatic heterocycles. The highest BCUT2D eigenvalue weighted by molar-refractivity contribution is 6.18. The molecule has 2 rings (SSSR count). The van der Waals surface area contributed by atoms with Gasteiger partial charge in [0.1, 0.15) is 5.82 Å². The largest absolute Gasteiger partial charge is 0.206 e. The van der Waals surface area contributed by atoms with Crippen LogP contribution >= 0.6 is 11.8 Å². The molecule has 11 heavy (non-hydrogen) atoms. The lowest BCUT2D eigenvalue weighted by molar-refractivity contribution is 0.640. The molecule has 0 aliphatic rings. The van der Waals surface area contributed by atoms with Crippen molar-refractivity contribution in [1.82, 2.24) is 9.30 Å². The first kappa shape index (κ1) is 6.61. The van der Waals surface area contributed by atoms with E-state index in [4.69, 9.17) is 11.8 Å². The average Bonchev–Trinajstić information content (AvgIpc) is 2.35. The fourth-order valence-corrected chi connectivity index (χ4v) is 1.18. The molecule has 4 heteroatoms. The number of hydrogen-bond donors (Lipinski definition) is 0. The van der Waals surface area contributed by atoms with Gasteiger partial charge in [-0.15, -0.1) is 0 Å². The van der Waals surface area contributed by atoms with Crippen molar-refractivity contribution < 1.29 is 4.39 Å². The zero-order valence-electron chi connectivity index (χ0n) is 5.46. The quantitative estimate of drug-likeness (QED) is 0.593. The molecule has 0 radical (unpaired) electrons. The minimum atomic E-state index is -0.297. The van der Waals surface area contributed by atoms with Crippen LogP contribution in [0.4, 0.5) is 4.39 Å². The van der Waals surface area contributed by atoms with E-state index in [-0.39, 0.29) is 5.82 Å². The van der Waals surface area contributed by atoms with Crippen LogP contribution in [0.3, 0.4) is 0 Å². The number of aromatic nitrogens is 2. The Morgan fingerprint density at radius 2 is 2.27 bits per heavy atom. The van der Waals surface area contributed by atoms with Gasteiger partial charge in [0.05, 0.1) is 17.1 Å². The molecule has 1 aromatic carbocycles. The monoisotopic (exact) mass is 170 g/mol. The minimum absolute atomic E-state index is 0.297. The van der Waals surface area contributed by atoms with E-state index in [2.05, 4.69) is 5.10 Å². The third-order valence-corrected chi connectivity index (χ3v) is 1.79. The smallest absolute Gasteiger partial charge is 0.134 e. The van der Waals surface area contributed by atoms with Gasteiger partial charge >= 0.3 is 0 Å². The van der Waals surface area contributed by atoms with Crippen molar-refractivity contribution in [1.29, 1.82) is 0 Å². The minimum Gasteiger partial charge on any atom is -0.206 e. The topological polar surface area (TPSA) is 17.8 Å². The Morgan fingerprint density at radius 1 is 1.45 bits per heavy atom. The van der Waals surface area contributed by atoms with Crippen LogP contribution in [0.25, 0.3) is 10.9 Å². The van der Waals surface area contributed by atoms with E-state index < -0.39 is 0 Å². The highest BCUT2D eigenvalue weighted by atomic mass is 35.5. The van der Waals surface area contributed by atoms with Crippen LogP contribution in [-0.4, -0.2) is 9.30 Å². The second-order valence-electron chi connectivity index (χ2n) is 2.18. The van der Waals surface area contributed by atoms with Crippen LogP contribution in [-0.2, 0) is 0 Å². The summed E-state index contributed by atoms with van der Waals surface area (Å²) in [5, 5.41) is 4.15. The first-order valence-corrected chi connectivity index (χ1v) is 3.41. The Morgan fingerprint density at radius 3 is 3.00 bits per heavy atom. The third kappa shape index (κ3) is 0.886. The van der Waals surface area contributed by atoms with Crippen molar-refractivity contribution in [3.8, 4) is 0 Å². The summed E-state index contributed by atoms with van der Waals surface area (Å²) >= 11 is 5.58. The molecule has 0 unspecified atom stereocenters. The lowest BCUT2D eigenvalue weighted by atomic mass is 10.2. The normalized spacial score (nSPS) is 10.7. The first-order chi connectivity index (χ1) is 5.29. The summed E-state index contributed by atoms with van der Waals surface area (Å²) in [5.41, 5.74) is 0.590. The van der Waals surface area contributed by atoms with Crippen LogP contribution in [0.2, 0.25) is 0 Å². The maximum atomic E-state index is 12.9. The number of rotatable bonds is 0. The summed E-state index contributed by atoms with van der Waals surface area (Å²) in [5.74, 6) is -0.297. The highest BCUT2D eigenvalue weighted by Gasteiger charge is 2.03. The van der Waals surface area contributed by atoms with Crippen LogP contribution in [0, 0.1) is 5.82 Å².